The fourth-order valence-electron chi connectivity index (χ4n) is 2.11. The normalized spacial score (nSPS) is 22.2. The molecule has 0 saturated carbocycles. The van der Waals surface area contributed by atoms with Crippen molar-refractivity contribution in [3.8, 4) is 0 Å². The lowest BCUT2D eigenvalue weighted by Gasteiger charge is -2.33. The number of aliphatic carboxylic acids is 1. The first-order chi connectivity index (χ1) is 8.66. The van der Waals surface area contributed by atoms with Gasteiger partial charge in [0, 0.05) is 11.8 Å². The van der Waals surface area contributed by atoms with Crippen LogP contribution in [0.15, 0.2) is 6.20 Å². The summed E-state index contributed by atoms with van der Waals surface area (Å²) in [6.07, 6.45) is 0.851. The maximum absolute atomic E-state index is 12.1. The van der Waals surface area contributed by atoms with Crippen LogP contribution < -0.4 is 0 Å². The number of rotatable bonds is 1. The number of nitrogens with zero attached hydrogens (tertiary/aromatic N) is 2. The zero-order valence-corrected chi connectivity index (χ0v) is 11.4. The second kappa shape index (κ2) is 3.97. The van der Waals surface area contributed by atoms with Crippen LogP contribution in [0.5, 0.6) is 0 Å². The molecule has 7 heteroatoms. The summed E-state index contributed by atoms with van der Waals surface area (Å²) in [6.45, 7) is 6.80. The highest BCUT2D eigenvalue weighted by Gasteiger charge is 2.52. The lowest BCUT2D eigenvalue weighted by molar-refractivity contribution is -0.150. The monoisotopic (exact) mass is 267 g/mol. The second-order valence-electron chi connectivity index (χ2n) is 5.69. The van der Waals surface area contributed by atoms with Crippen molar-refractivity contribution in [3.63, 3.8) is 0 Å². The Morgan fingerprint density at radius 2 is 2.16 bits per heavy atom. The van der Waals surface area contributed by atoms with Gasteiger partial charge in [-0.25, -0.2) is 9.59 Å². The van der Waals surface area contributed by atoms with Crippen molar-refractivity contribution >= 4 is 12.1 Å². The topological polar surface area (TPSA) is 95.5 Å². The van der Waals surface area contributed by atoms with E-state index in [2.05, 4.69) is 10.2 Å². The number of carbonyl (C=O) groups is 2. The first-order valence-corrected chi connectivity index (χ1v) is 5.93. The van der Waals surface area contributed by atoms with E-state index in [4.69, 9.17) is 4.74 Å². The van der Waals surface area contributed by atoms with Gasteiger partial charge in [0.1, 0.15) is 5.60 Å². The summed E-state index contributed by atoms with van der Waals surface area (Å²) in [5.41, 5.74) is -1.09. The Morgan fingerprint density at radius 3 is 2.68 bits per heavy atom. The van der Waals surface area contributed by atoms with Gasteiger partial charge in [0.05, 0.1) is 12.2 Å². The van der Waals surface area contributed by atoms with Crippen LogP contribution in [0.1, 0.15) is 39.0 Å². The first-order valence-electron chi connectivity index (χ1n) is 5.93. The molecule has 2 heterocycles. The molecule has 0 spiro atoms. The van der Waals surface area contributed by atoms with Crippen molar-refractivity contribution < 1.29 is 19.4 Å². The van der Waals surface area contributed by atoms with E-state index in [1.807, 2.05) is 0 Å². The second-order valence-corrected chi connectivity index (χ2v) is 5.69. The molecule has 19 heavy (non-hydrogen) atoms. The lowest BCUT2D eigenvalue weighted by atomic mass is 9.95. The van der Waals surface area contributed by atoms with Crippen molar-refractivity contribution in [2.24, 2.45) is 0 Å². The van der Waals surface area contributed by atoms with E-state index in [1.165, 1.54) is 18.0 Å². The molecule has 1 amide bonds. The molecule has 0 radical (unpaired) electrons. The zero-order chi connectivity index (χ0) is 14.4. The maximum Gasteiger partial charge on any atom is 0.411 e. The molecular weight excluding hydrogens is 250 g/mol. The average Bonchev–Trinajstić information content (AvgIpc) is 2.78. The molecule has 0 fully saturated rings. The van der Waals surface area contributed by atoms with Crippen LogP contribution in [0.3, 0.4) is 0 Å². The zero-order valence-electron chi connectivity index (χ0n) is 11.4. The smallest absolute Gasteiger partial charge is 0.411 e. The molecule has 104 valence electrons. The van der Waals surface area contributed by atoms with Crippen LogP contribution >= 0.6 is 0 Å². The largest absolute Gasteiger partial charge is 0.479 e. The highest BCUT2D eigenvalue weighted by Crippen LogP contribution is 2.39. The average molecular weight is 267 g/mol. The summed E-state index contributed by atoms with van der Waals surface area (Å²) < 4.78 is 5.25. The van der Waals surface area contributed by atoms with Crippen LogP contribution in [-0.4, -0.2) is 37.9 Å². The van der Waals surface area contributed by atoms with Gasteiger partial charge in [-0.1, -0.05) is 0 Å². The van der Waals surface area contributed by atoms with Gasteiger partial charge in [-0.3, -0.25) is 10.00 Å². The van der Waals surface area contributed by atoms with E-state index >= 15 is 0 Å². The number of carboxylic acids is 1. The highest BCUT2D eigenvalue weighted by atomic mass is 16.6. The number of amides is 1. The summed E-state index contributed by atoms with van der Waals surface area (Å²) in [4.78, 5) is 24.9. The number of hydrogen-bond donors (Lipinski definition) is 2. The van der Waals surface area contributed by atoms with E-state index in [-0.39, 0.29) is 6.54 Å². The summed E-state index contributed by atoms with van der Waals surface area (Å²) >= 11 is 0. The Morgan fingerprint density at radius 1 is 1.53 bits per heavy atom. The number of fused-ring (bicyclic) bond motifs is 1. The van der Waals surface area contributed by atoms with Crippen LogP contribution in [-0.2, 0) is 21.6 Å². The minimum Gasteiger partial charge on any atom is -0.479 e. The predicted octanol–water partition coefficient (Wildman–Crippen LogP) is 1.46. The molecule has 0 saturated heterocycles. The molecule has 0 aliphatic carbocycles. The highest BCUT2D eigenvalue weighted by molar-refractivity contribution is 5.87. The van der Waals surface area contributed by atoms with Gasteiger partial charge in [0.15, 0.2) is 5.54 Å². The predicted molar refractivity (Wildman–Crippen MR) is 65.4 cm³/mol. The van der Waals surface area contributed by atoms with E-state index in [9.17, 15) is 14.7 Å². The lowest BCUT2D eigenvalue weighted by Crippen LogP contribution is -2.49. The number of aromatic amines is 1. The molecule has 0 bridgehead atoms. The molecule has 1 unspecified atom stereocenters. The number of carboxylic acid groups (broad SMARTS) is 1. The van der Waals surface area contributed by atoms with Crippen LogP contribution in [0.25, 0.3) is 0 Å². The van der Waals surface area contributed by atoms with Crippen LogP contribution in [0.2, 0.25) is 0 Å². The fraction of sp³-hybridized carbons (Fsp3) is 0.583. The number of H-pyrrole nitrogens is 1. The van der Waals surface area contributed by atoms with Crippen molar-refractivity contribution in [3.05, 3.63) is 17.5 Å². The minimum atomic E-state index is -1.45. The molecule has 1 atom stereocenters. The molecule has 2 rings (SSSR count). The molecule has 1 aliphatic heterocycles. The van der Waals surface area contributed by atoms with Crippen LogP contribution in [0.4, 0.5) is 4.79 Å². The third-order valence-corrected chi connectivity index (χ3v) is 3.12. The number of hydrogen-bond acceptors (Lipinski definition) is 4. The van der Waals surface area contributed by atoms with Gasteiger partial charge >= 0.3 is 12.1 Å². The SMILES string of the molecule is CC(C)(C)OC(=O)N1Cc2n[nH]cc2C1(C)C(=O)O. The molecule has 0 aromatic carbocycles. The van der Waals surface area contributed by atoms with Crippen molar-refractivity contribution in [1.82, 2.24) is 15.1 Å². The Hall–Kier alpha value is -2.05. The van der Waals surface area contributed by atoms with Gasteiger partial charge in [0.2, 0.25) is 0 Å². The molecule has 7 nitrogen and oxygen atoms in total. The molecular formula is C12H17N3O4. The molecule has 2 N–H and O–H groups in total. The van der Waals surface area contributed by atoms with Gasteiger partial charge in [-0.05, 0) is 27.7 Å². The number of nitrogens with one attached hydrogen (secondary N) is 1. The number of ether oxygens (including phenoxy) is 1. The Balaban J connectivity index is 2.35. The quantitative estimate of drug-likeness (QED) is 0.803. The number of carbonyl (C=O) groups excluding carboxylic acids is 1. The van der Waals surface area contributed by atoms with Crippen LogP contribution in [0, 0.1) is 0 Å². The fourth-order valence-corrected chi connectivity index (χ4v) is 2.11. The van der Waals surface area contributed by atoms with Crippen molar-refractivity contribution in [1.29, 1.82) is 0 Å². The third-order valence-electron chi connectivity index (χ3n) is 3.12. The minimum absolute atomic E-state index is 0.122. The molecule has 1 aromatic heterocycles. The van der Waals surface area contributed by atoms with Gasteiger partial charge in [-0.15, -0.1) is 0 Å². The van der Waals surface area contributed by atoms with E-state index in [0.29, 0.717) is 11.3 Å². The van der Waals surface area contributed by atoms with E-state index < -0.39 is 23.2 Å². The Kier molecular flexibility index (Phi) is 2.80. The van der Waals surface area contributed by atoms with Gasteiger partial charge in [-0.2, -0.15) is 5.10 Å². The van der Waals surface area contributed by atoms with Crippen molar-refractivity contribution in [2.45, 2.75) is 45.4 Å². The van der Waals surface area contributed by atoms with E-state index in [0.717, 1.165) is 0 Å². The number of aromatic nitrogens is 2. The van der Waals surface area contributed by atoms with Gasteiger partial charge < -0.3 is 9.84 Å². The first kappa shape index (κ1) is 13.4. The maximum atomic E-state index is 12.1. The van der Waals surface area contributed by atoms with Gasteiger partial charge in [0.25, 0.3) is 0 Å². The standard InChI is InChI=1S/C12H17N3O4/c1-11(2,3)19-10(18)15-6-8-7(5-13-14-8)12(15,4)9(16)17/h5H,6H2,1-4H3,(H,13,14)(H,16,17). The third kappa shape index (κ3) is 2.05. The van der Waals surface area contributed by atoms with Crippen molar-refractivity contribution in [2.75, 3.05) is 0 Å². The summed E-state index contributed by atoms with van der Waals surface area (Å²) in [7, 11) is 0. The summed E-state index contributed by atoms with van der Waals surface area (Å²) in [5.74, 6) is -1.11. The Bertz CT molecular complexity index is 531. The molecule has 1 aliphatic rings. The molecule has 1 aromatic rings. The Labute approximate surface area is 110 Å². The summed E-state index contributed by atoms with van der Waals surface area (Å²) in [6, 6.07) is 0. The summed E-state index contributed by atoms with van der Waals surface area (Å²) in [5, 5.41) is 16.1. The van der Waals surface area contributed by atoms with E-state index in [1.54, 1.807) is 20.8 Å².